The molecule has 0 spiro atoms. The van der Waals surface area contributed by atoms with Gasteiger partial charge in [0.05, 0.1) is 6.61 Å². The van der Waals surface area contributed by atoms with Crippen molar-refractivity contribution in [3.63, 3.8) is 0 Å². The maximum atomic E-state index is 12.5. The molecule has 120 valence electrons. The minimum Gasteiger partial charge on any atom is -0.466 e. The fourth-order valence-corrected chi connectivity index (χ4v) is 2.79. The van der Waals surface area contributed by atoms with Crippen molar-refractivity contribution in [3.8, 4) is 11.5 Å². The number of carbonyl (C=O) groups is 1. The van der Waals surface area contributed by atoms with Crippen LogP contribution in [0.15, 0.2) is 54.6 Å². The maximum absolute atomic E-state index is 12.5. The van der Waals surface area contributed by atoms with E-state index in [0.717, 1.165) is 5.56 Å². The molecule has 3 rings (SSSR count). The summed E-state index contributed by atoms with van der Waals surface area (Å²) in [6.45, 7) is 3.91. The zero-order chi connectivity index (χ0) is 16.3. The second kappa shape index (κ2) is 6.32. The predicted molar refractivity (Wildman–Crippen MR) is 86.4 cm³/mol. The molecule has 1 aliphatic heterocycles. The van der Waals surface area contributed by atoms with Crippen molar-refractivity contribution in [1.29, 1.82) is 0 Å². The summed E-state index contributed by atoms with van der Waals surface area (Å²) in [6.07, 6.45) is 0.490. The minimum atomic E-state index is -1.08. The third kappa shape index (κ3) is 3.16. The smallest absolute Gasteiger partial charge is 0.317 e. The Hall–Kier alpha value is -2.49. The first-order chi connectivity index (χ1) is 11.1. The van der Waals surface area contributed by atoms with E-state index in [9.17, 15) is 4.79 Å². The highest BCUT2D eigenvalue weighted by Gasteiger charge is 2.48. The van der Waals surface area contributed by atoms with Crippen LogP contribution in [0.5, 0.6) is 11.5 Å². The van der Waals surface area contributed by atoms with Gasteiger partial charge >= 0.3 is 5.97 Å². The van der Waals surface area contributed by atoms with Crippen LogP contribution in [-0.4, -0.2) is 18.4 Å². The summed E-state index contributed by atoms with van der Waals surface area (Å²) in [5.74, 6) is -0.648. The number of carbonyl (C=O) groups excluding carboxylic acids is 1. The lowest BCUT2D eigenvalue weighted by Gasteiger charge is -2.30. The molecular formula is C19H20O4. The molecule has 4 heteroatoms. The molecule has 0 N–H and O–H groups in total. The maximum Gasteiger partial charge on any atom is 0.317 e. The molecule has 2 aromatic carbocycles. The van der Waals surface area contributed by atoms with Gasteiger partial charge in [-0.1, -0.05) is 42.5 Å². The molecule has 0 fully saturated rings. The summed E-state index contributed by atoms with van der Waals surface area (Å²) >= 11 is 0. The number of esters is 1. The Morgan fingerprint density at radius 1 is 1.04 bits per heavy atom. The molecule has 4 nitrogen and oxygen atoms in total. The van der Waals surface area contributed by atoms with Crippen molar-refractivity contribution in [1.82, 2.24) is 0 Å². The van der Waals surface area contributed by atoms with Gasteiger partial charge in [0.25, 0.3) is 5.79 Å². The SMILES string of the molecule is CCOC(=O)C(Cc1ccccc1)C1(C)Oc2ccccc2O1. The first-order valence-electron chi connectivity index (χ1n) is 7.80. The van der Waals surface area contributed by atoms with Gasteiger partial charge in [-0.2, -0.15) is 0 Å². The van der Waals surface area contributed by atoms with Crippen LogP contribution in [0.1, 0.15) is 19.4 Å². The number of hydrogen-bond donors (Lipinski definition) is 0. The van der Waals surface area contributed by atoms with Crippen molar-refractivity contribution in [2.75, 3.05) is 6.61 Å². The van der Waals surface area contributed by atoms with Crippen LogP contribution >= 0.6 is 0 Å². The van der Waals surface area contributed by atoms with Gasteiger partial charge in [-0.15, -0.1) is 0 Å². The van der Waals surface area contributed by atoms with E-state index in [2.05, 4.69) is 0 Å². The Kier molecular flexibility index (Phi) is 4.24. The van der Waals surface area contributed by atoms with Gasteiger partial charge < -0.3 is 14.2 Å². The van der Waals surface area contributed by atoms with Crippen molar-refractivity contribution < 1.29 is 19.0 Å². The van der Waals surface area contributed by atoms with Crippen LogP contribution in [0, 0.1) is 5.92 Å². The van der Waals surface area contributed by atoms with E-state index < -0.39 is 11.7 Å². The van der Waals surface area contributed by atoms with Crippen LogP contribution in [0.25, 0.3) is 0 Å². The fraction of sp³-hybridized carbons (Fsp3) is 0.316. The highest BCUT2D eigenvalue weighted by Crippen LogP contribution is 2.43. The number of hydrogen-bond acceptors (Lipinski definition) is 4. The van der Waals surface area contributed by atoms with Gasteiger partial charge in [0.15, 0.2) is 11.5 Å². The fourth-order valence-electron chi connectivity index (χ4n) is 2.79. The molecule has 0 radical (unpaired) electrons. The molecule has 1 unspecified atom stereocenters. The Bertz CT molecular complexity index is 656. The molecule has 1 atom stereocenters. The Balaban J connectivity index is 1.88. The number of fused-ring (bicyclic) bond motifs is 1. The zero-order valence-corrected chi connectivity index (χ0v) is 13.3. The largest absolute Gasteiger partial charge is 0.466 e. The van der Waals surface area contributed by atoms with Crippen molar-refractivity contribution in [3.05, 3.63) is 60.2 Å². The lowest BCUT2D eigenvalue weighted by atomic mass is 9.92. The Labute approximate surface area is 136 Å². The summed E-state index contributed by atoms with van der Waals surface area (Å²) in [5, 5.41) is 0. The average molecular weight is 312 g/mol. The quantitative estimate of drug-likeness (QED) is 0.791. The average Bonchev–Trinajstić information content (AvgIpc) is 2.90. The van der Waals surface area contributed by atoms with Crippen LogP contribution in [-0.2, 0) is 16.0 Å². The zero-order valence-electron chi connectivity index (χ0n) is 13.3. The highest BCUT2D eigenvalue weighted by atomic mass is 16.7. The van der Waals surface area contributed by atoms with Crippen molar-refractivity contribution in [2.24, 2.45) is 5.92 Å². The summed E-state index contributed by atoms with van der Waals surface area (Å²) in [5.41, 5.74) is 1.04. The van der Waals surface area contributed by atoms with Crippen LogP contribution in [0.3, 0.4) is 0 Å². The van der Waals surface area contributed by atoms with E-state index in [4.69, 9.17) is 14.2 Å². The summed E-state index contributed by atoms with van der Waals surface area (Å²) < 4.78 is 17.2. The van der Waals surface area contributed by atoms with E-state index in [1.165, 1.54) is 0 Å². The van der Waals surface area contributed by atoms with Crippen LogP contribution in [0.4, 0.5) is 0 Å². The number of rotatable bonds is 5. The number of benzene rings is 2. The van der Waals surface area contributed by atoms with Gasteiger partial charge in [-0.05, 0) is 31.0 Å². The summed E-state index contributed by atoms with van der Waals surface area (Å²) in [4.78, 5) is 12.5. The Morgan fingerprint density at radius 2 is 1.61 bits per heavy atom. The lowest BCUT2D eigenvalue weighted by molar-refractivity contribution is -0.171. The first kappa shape index (κ1) is 15.4. The molecule has 0 aliphatic carbocycles. The summed E-state index contributed by atoms with van der Waals surface area (Å²) in [7, 11) is 0. The van der Waals surface area contributed by atoms with E-state index in [1.54, 1.807) is 13.8 Å². The predicted octanol–water partition coefficient (Wildman–Crippen LogP) is 3.60. The standard InChI is InChI=1S/C19H20O4/c1-3-21-18(20)15(13-14-9-5-4-6-10-14)19(2)22-16-11-7-8-12-17(16)23-19/h4-12,15H,3,13H2,1-2H3. The second-order valence-corrected chi connectivity index (χ2v) is 5.66. The topological polar surface area (TPSA) is 44.8 Å². The third-order valence-electron chi connectivity index (χ3n) is 3.96. The second-order valence-electron chi connectivity index (χ2n) is 5.66. The van der Waals surface area contributed by atoms with Gasteiger partial charge in [0.2, 0.25) is 0 Å². The van der Waals surface area contributed by atoms with Crippen molar-refractivity contribution >= 4 is 5.97 Å². The number of para-hydroxylation sites is 2. The molecule has 0 bridgehead atoms. The van der Waals surface area contributed by atoms with Crippen molar-refractivity contribution in [2.45, 2.75) is 26.1 Å². The minimum absolute atomic E-state index is 0.313. The Morgan fingerprint density at radius 3 is 2.17 bits per heavy atom. The van der Waals surface area contributed by atoms with Crippen LogP contribution < -0.4 is 9.47 Å². The van der Waals surface area contributed by atoms with Gasteiger partial charge in [0, 0.05) is 6.92 Å². The molecule has 0 aromatic heterocycles. The summed E-state index contributed by atoms with van der Waals surface area (Å²) in [6, 6.07) is 17.2. The molecule has 0 saturated carbocycles. The van der Waals surface area contributed by atoms with Crippen LogP contribution in [0.2, 0.25) is 0 Å². The third-order valence-corrected chi connectivity index (χ3v) is 3.96. The molecule has 23 heavy (non-hydrogen) atoms. The van der Waals surface area contributed by atoms with Gasteiger partial charge in [-0.3, -0.25) is 4.79 Å². The molecule has 0 saturated heterocycles. The molecule has 0 amide bonds. The van der Waals surface area contributed by atoms with E-state index >= 15 is 0 Å². The number of ether oxygens (including phenoxy) is 3. The van der Waals surface area contributed by atoms with Gasteiger partial charge in [0.1, 0.15) is 5.92 Å². The molecule has 1 heterocycles. The molecule has 2 aromatic rings. The lowest BCUT2D eigenvalue weighted by Crippen LogP contribution is -2.48. The molecular weight excluding hydrogens is 292 g/mol. The van der Waals surface area contributed by atoms with E-state index in [1.807, 2.05) is 54.6 Å². The van der Waals surface area contributed by atoms with Gasteiger partial charge in [-0.25, -0.2) is 0 Å². The highest BCUT2D eigenvalue weighted by molar-refractivity contribution is 5.74. The van der Waals surface area contributed by atoms with E-state index in [-0.39, 0.29) is 5.97 Å². The monoisotopic (exact) mass is 312 g/mol. The van der Waals surface area contributed by atoms with E-state index in [0.29, 0.717) is 24.5 Å². The molecule has 1 aliphatic rings. The normalized spacial score (nSPS) is 15.9. The first-order valence-corrected chi connectivity index (χ1v) is 7.80.